The van der Waals surface area contributed by atoms with E-state index in [2.05, 4.69) is 20.8 Å². The van der Waals surface area contributed by atoms with Gasteiger partial charge in [0.1, 0.15) is 0 Å². The Morgan fingerprint density at radius 2 is 2.00 bits per heavy atom. The Morgan fingerprint density at radius 1 is 1.29 bits per heavy atom. The smallest absolute Gasteiger partial charge is 0.246 e. The quantitative estimate of drug-likeness (QED) is 0.671. The first-order chi connectivity index (χ1) is 11.5. The summed E-state index contributed by atoms with van der Waals surface area (Å²) in [5.41, 5.74) is 5.75. The van der Waals surface area contributed by atoms with Crippen molar-refractivity contribution >= 4 is 11.8 Å². The molecule has 0 aromatic carbocycles. The summed E-state index contributed by atoms with van der Waals surface area (Å²) in [6.45, 7) is 3.86. The first-order valence-electron chi connectivity index (χ1n) is 8.60. The van der Waals surface area contributed by atoms with E-state index >= 15 is 0 Å². The van der Waals surface area contributed by atoms with Gasteiger partial charge in [-0.05, 0) is 18.8 Å². The Hall–Kier alpha value is -1.96. The molecule has 0 bridgehead atoms. The number of amides is 2. The highest BCUT2D eigenvalue weighted by atomic mass is 16.5. The molecule has 0 aliphatic heterocycles. The van der Waals surface area contributed by atoms with Crippen molar-refractivity contribution in [1.82, 2.24) is 20.8 Å². The zero-order valence-corrected chi connectivity index (χ0v) is 14.4. The van der Waals surface area contributed by atoms with Crippen LogP contribution in [0.15, 0.2) is 4.52 Å². The van der Waals surface area contributed by atoms with Crippen LogP contribution in [-0.2, 0) is 22.6 Å². The van der Waals surface area contributed by atoms with E-state index in [9.17, 15) is 9.59 Å². The lowest BCUT2D eigenvalue weighted by Gasteiger charge is -2.22. The predicted octanol–water partition coefficient (Wildman–Crippen LogP) is 0.661. The molecule has 4 N–H and O–H groups in total. The molecule has 2 amide bonds. The van der Waals surface area contributed by atoms with Gasteiger partial charge in [-0.15, -0.1) is 0 Å². The highest BCUT2D eigenvalue weighted by molar-refractivity contribution is 5.81. The first kappa shape index (κ1) is 18.4. The van der Waals surface area contributed by atoms with Gasteiger partial charge in [-0.25, -0.2) is 0 Å². The van der Waals surface area contributed by atoms with Crippen molar-refractivity contribution in [3.8, 4) is 0 Å². The second-order valence-electron chi connectivity index (χ2n) is 6.67. The number of rotatable bonds is 7. The minimum atomic E-state index is -0.575. The van der Waals surface area contributed by atoms with Crippen molar-refractivity contribution in [2.75, 3.05) is 0 Å². The molecule has 8 nitrogen and oxygen atoms in total. The van der Waals surface area contributed by atoms with Gasteiger partial charge < -0.3 is 20.9 Å². The number of carbonyl (C=O) groups excluding carboxylic acids is 2. The third-order valence-corrected chi connectivity index (χ3v) is 4.23. The molecule has 1 aromatic heterocycles. The molecule has 0 spiro atoms. The fourth-order valence-corrected chi connectivity index (χ4v) is 2.69. The van der Waals surface area contributed by atoms with E-state index < -0.39 is 6.04 Å². The first-order valence-corrected chi connectivity index (χ1v) is 8.60. The lowest BCUT2D eigenvalue weighted by atomic mass is 9.95. The van der Waals surface area contributed by atoms with E-state index in [0.29, 0.717) is 5.82 Å². The van der Waals surface area contributed by atoms with Crippen LogP contribution in [0.5, 0.6) is 0 Å². The van der Waals surface area contributed by atoms with Crippen molar-refractivity contribution in [3.63, 3.8) is 0 Å². The molecular weight excluding hydrogens is 310 g/mol. The second-order valence-corrected chi connectivity index (χ2v) is 6.67. The fraction of sp³-hybridized carbons (Fsp3) is 0.750. The molecule has 0 unspecified atom stereocenters. The zero-order valence-electron chi connectivity index (χ0n) is 14.4. The highest BCUT2D eigenvalue weighted by Gasteiger charge is 2.19. The van der Waals surface area contributed by atoms with Crippen LogP contribution in [0, 0.1) is 5.92 Å². The van der Waals surface area contributed by atoms with E-state index in [-0.39, 0.29) is 42.6 Å². The summed E-state index contributed by atoms with van der Waals surface area (Å²) in [7, 11) is 0. The Morgan fingerprint density at radius 3 is 2.67 bits per heavy atom. The van der Waals surface area contributed by atoms with Crippen LogP contribution >= 0.6 is 0 Å². The fourth-order valence-electron chi connectivity index (χ4n) is 2.69. The van der Waals surface area contributed by atoms with E-state index in [1.165, 1.54) is 6.42 Å². The molecule has 1 aliphatic carbocycles. The molecule has 1 saturated carbocycles. The van der Waals surface area contributed by atoms with Crippen molar-refractivity contribution in [2.24, 2.45) is 11.7 Å². The maximum atomic E-state index is 12.0. The van der Waals surface area contributed by atoms with Gasteiger partial charge in [0, 0.05) is 6.04 Å². The van der Waals surface area contributed by atoms with Gasteiger partial charge in [0.15, 0.2) is 5.82 Å². The Kier molecular flexibility index (Phi) is 6.72. The van der Waals surface area contributed by atoms with Crippen LogP contribution < -0.4 is 16.4 Å². The van der Waals surface area contributed by atoms with Crippen LogP contribution in [0.2, 0.25) is 0 Å². The molecule has 1 aromatic rings. The van der Waals surface area contributed by atoms with Gasteiger partial charge in [0.25, 0.3) is 0 Å². The molecule has 1 heterocycles. The Labute approximate surface area is 141 Å². The van der Waals surface area contributed by atoms with E-state index in [1.807, 2.05) is 13.8 Å². The van der Waals surface area contributed by atoms with Crippen molar-refractivity contribution in [1.29, 1.82) is 0 Å². The third-order valence-electron chi connectivity index (χ3n) is 4.23. The van der Waals surface area contributed by atoms with Crippen LogP contribution in [0.1, 0.15) is 57.7 Å². The maximum absolute atomic E-state index is 12.0. The lowest BCUT2D eigenvalue weighted by molar-refractivity contribution is -0.123. The summed E-state index contributed by atoms with van der Waals surface area (Å²) in [5, 5.41) is 9.44. The van der Waals surface area contributed by atoms with E-state index in [4.69, 9.17) is 10.3 Å². The van der Waals surface area contributed by atoms with Gasteiger partial charge >= 0.3 is 0 Å². The maximum Gasteiger partial charge on any atom is 0.246 e. The molecule has 1 fully saturated rings. The summed E-state index contributed by atoms with van der Waals surface area (Å²) in [6, 6.07) is -0.317. The van der Waals surface area contributed by atoms with Gasteiger partial charge in [-0.1, -0.05) is 38.3 Å². The predicted molar refractivity (Wildman–Crippen MR) is 87.7 cm³/mol. The van der Waals surface area contributed by atoms with Gasteiger partial charge in [0.2, 0.25) is 17.7 Å². The number of aromatic nitrogens is 2. The minimum Gasteiger partial charge on any atom is -0.353 e. The topological polar surface area (TPSA) is 123 Å². The number of nitrogens with one attached hydrogen (secondary N) is 2. The Balaban J connectivity index is 1.76. The normalized spacial score (nSPS) is 16.8. The van der Waals surface area contributed by atoms with E-state index in [1.54, 1.807) is 0 Å². The summed E-state index contributed by atoms with van der Waals surface area (Å²) in [6.07, 6.45) is 5.72. The van der Waals surface area contributed by atoms with Gasteiger partial charge in [-0.2, -0.15) is 4.98 Å². The standard InChI is InChI=1S/C16H27N5O3/c1-10(2)15(17)16(23)18-9-14-20-12(21-24-14)8-13(22)19-11-6-4-3-5-7-11/h10-11,15H,3-9,17H2,1-2H3,(H,18,23)(H,19,22)/t15-/m0/s1. The Bertz CT molecular complexity index is 552. The number of carbonyl (C=O) groups is 2. The molecule has 1 aliphatic rings. The van der Waals surface area contributed by atoms with Crippen molar-refractivity contribution in [3.05, 3.63) is 11.7 Å². The molecular formula is C16H27N5O3. The summed E-state index contributed by atoms with van der Waals surface area (Å²) in [5.74, 6) is 0.270. The summed E-state index contributed by atoms with van der Waals surface area (Å²) < 4.78 is 5.05. The van der Waals surface area contributed by atoms with Crippen LogP contribution in [0.4, 0.5) is 0 Å². The second kappa shape index (κ2) is 8.77. The van der Waals surface area contributed by atoms with Crippen LogP contribution in [0.25, 0.3) is 0 Å². The number of nitrogens with zero attached hydrogens (tertiary/aromatic N) is 2. The molecule has 1 atom stereocenters. The summed E-state index contributed by atoms with van der Waals surface area (Å²) in [4.78, 5) is 27.9. The molecule has 134 valence electrons. The van der Waals surface area contributed by atoms with Crippen molar-refractivity contribution in [2.45, 2.75) is 71.0 Å². The van der Waals surface area contributed by atoms with Crippen LogP contribution in [0.3, 0.4) is 0 Å². The number of hydrogen-bond acceptors (Lipinski definition) is 6. The average Bonchev–Trinajstić information content (AvgIpc) is 2.99. The molecule has 2 rings (SSSR count). The van der Waals surface area contributed by atoms with E-state index in [0.717, 1.165) is 25.7 Å². The molecule has 8 heteroatoms. The average molecular weight is 337 g/mol. The molecule has 0 saturated heterocycles. The third kappa shape index (κ3) is 5.59. The summed E-state index contributed by atoms with van der Waals surface area (Å²) >= 11 is 0. The number of nitrogens with two attached hydrogens (primary N) is 1. The van der Waals surface area contributed by atoms with Crippen LogP contribution in [-0.4, -0.2) is 34.0 Å². The monoisotopic (exact) mass is 337 g/mol. The highest BCUT2D eigenvalue weighted by Crippen LogP contribution is 2.17. The number of hydrogen-bond donors (Lipinski definition) is 3. The van der Waals surface area contributed by atoms with Crippen molar-refractivity contribution < 1.29 is 14.1 Å². The minimum absolute atomic E-state index is 0.0479. The molecule has 24 heavy (non-hydrogen) atoms. The largest absolute Gasteiger partial charge is 0.353 e. The molecule has 0 radical (unpaired) electrons. The van der Waals surface area contributed by atoms with Gasteiger partial charge in [-0.3, -0.25) is 9.59 Å². The zero-order chi connectivity index (χ0) is 17.5. The van der Waals surface area contributed by atoms with Gasteiger partial charge in [0.05, 0.1) is 19.0 Å². The SMILES string of the molecule is CC(C)[C@H](N)C(=O)NCc1nc(CC(=O)NC2CCCCC2)no1. The lowest BCUT2D eigenvalue weighted by Crippen LogP contribution is -2.43.